The lowest BCUT2D eigenvalue weighted by molar-refractivity contribution is -0.0865. The van der Waals surface area contributed by atoms with Crippen molar-refractivity contribution in [2.24, 2.45) is 7.05 Å². The number of aryl methyl sites for hydroxylation is 2. The van der Waals surface area contributed by atoms with Crippen LogP contribution in [-0.2, 0) is 18.2 Å². The first-order valence-corrected chi connectivity index (χ1v) is 8.27. The number of nitrogens with two attached hydrogens (primary N) is 1. The summed E-state index contributed by atoms with van der Waals surface area (Å²) in [5.74, 6) is 0.964. The second-order valence-corrected chi connectivity index (χ2v) is 6.16. The Morgan fingerprint density at radius 2 is 2.10 bits per heavy atom. The molecule has 0 bridgehead atoms. The summed E-state index contributed by atoms with van der Waals surface area (Å²) >= 11 is 0. The Hall–Kier alpha value is -1.23. The Kier molecular flexibility index (Phi) is 5.14. The number of aromatic nitrogens is 2. The van der Waals surface area contributed by atoms with Gasteiger partial charge in [0.15, 0.2) is 0 Å². The molecule has 120 valence electrons. The van der Waals surface area contributed by atoms with Gasteiger partial charge in [0.1, 0.15) is 5.82 Å². The number of hydrogen-bond acceptors (Lipinski definition) is 4. The Bertz CT molecular complexity index is 465. The van der Waals surface area contributed by atoms with Crippen molar-refractivity contribution in [3.05, 3.63) is 5.69 Å². The fraction of sp³-hybridized carbons (Fsp3) is 0.812. The van der Waals surface area contributed by atoms with Gasteiger partial charge in [0, 0.05) is 19.7 Å². The maximum atomic E-state index is 6.26. The van der Waals surface area contributed by atoms with Gasteiger partial charge in [0.25, 0.3) is 0 Å². The lowest BCUT2D eigenvalue weighted by Crippen LogP contribution is -2.44. The van der Waals surface area contributed by atoms with Gasteiger partial charge in [-0.25, -0.2) is 0 Å². The monoisotopic (exact) mass is 294 g/mol. The molecule has 1 aromatic rings. The van der Waals surface area contributed by atoms with Crippen molar-refractivity contribution in [2.75, 3.05) is 17.7 Å². The lowest BCUT2D eigenvalue weighted by Gasteiger charge is -2.40. The van der Waals surface area contributed by atoms with Crippen LogP contribution in [0.3, 0.4) is 0 Å². The molecule has 1 unspecified atom stereocenters. The molecule has 1 fully saturated rings. The molecule has 21 heavy (non-hydrogen) atoms. The molecule has 0 amide bonds. The van der Waals surface area contributed by atoms with E-state index < -0.39 is 0 Å². The van der Waals surface area contributed by atoms with Gasteiger partial charge in [-0.05, 0) is 32.1 Å². The maximum absolute atomic E-state index is 6.26. The first-order chi connectivity index (χ1) is 10.0. The van der Waals surface area contributed by atoms with Crippen LogP contribution in [0.4, 0.5) is 11.5 Å². The molecule has 1 aromatic heterocycles. The van der Waals surface area contributed by atoms with E-state index in [1.54, 1.807) is 0 Å². The molecule has 2 heterocycles. The topological polar surface area (TPSA) is 65.1 Å². The molecule has 1 atom stereocenters. The number of hydrogen-bond donors (Lipinski definition) is 2. The van der Waals surface area contributed by atoms with Crippen LogP contribution in [0.1, 0.15) is 58.6 Å². The SMILES string of the molecule is CCCc1nn(C)c(NC2CCOC(CC)(CC)C2)c1N. The van der Waals surface area contributed by atoms with E-state index >= 15 is 0 Å². The number of ether oxygens (including phenoxy) is 1. The van der Waals surface area contributed by atoms with E-state index in [0.717, 1.165) is 62.3 Å². The fourth-order valence-corrected chi connectivity index (χ4v) is 3.28. The summed E-state index contributed by atoms with van der Waals surface area (Å²) in [4.78, 5) is 0. The van der Waals surface area contributed by atoms with Crippen LogP contribution in [0.2, 0.25) is 0 Å². The Morgan fingerprint density at radius 3 is 2.71 bits per heavy atom. The van der Waals surface area contributed by atoms with E-state index in [-0.39, 0.29) is 5.60 Å². The first-order valence-electron chi connectivity index (χ1n) is 8.27. The standard InChI is InChI=1S/C16H30N4O/c1-5-8-13-14(17)15(20(4)19-13)18-12-9-10-21-16(6-2,7-3)11-12/h12,18H,5-11,17H2,1-4H3. The second kappa shape index (κ2) is 6.69. The number of rotatable bonds is 6. The molecule has 1 aliphatic heterocycles. The third kappa shape index (κ3) is 3.34. The quantitative estimate of drug-likeness (QED) is 0.846. The lowest BCUT2D eigenvalue weighted by atomic mass is 9.86. The third-order valence-corrected chi connectivity index (χ3v) is 4.77. The highest BCUT2D eigenvalue weighted by molar-refractivity contribution is 5.65. The van der Waals surface area contributed by atoms with Gasteiger partial charge >= 0.3 is 0 Å². The van der Waals surface area contributed by atoms with Gasteiger partial charge in [-0.15, -0.1) is 0 Å². The number of nitrogen functional groups attached to an aromatic ring is 1. The summed E-state index contributed by atoms with van der Waals surface area (Å²) in [6.45, 7) is 7.39. The average molecular weight is 294 g/mol. The summed E-state index contributed by atoms with van der Waals surface area (Å²) in [5.41, 5.74) is 8.10. The normalized spacial score (nSPS) is 21.4. The summed E-state index contributed by atoms with van der Waals surface area (Å²) in [6, 6.07) is 0.408. The highest BCUT2D eigenvalue weighted by atomic mass is 16.5. The largest absolute Gasteiger partial charge is 0.394 e. The van der Waals surface area contributed by atoms with Crippen molar-refractivity contribution in [1.82, 2.24) is 9.78 Å². The van der Waals surface area contributed by atoms with Crippen molar-refractivity contribution < 1.29 is 4.74 Å². The van der Waals surface area contributed by atoms with E-state index in [1.165, 1.54) is 0 Å². The summed E-state index contributed by atoms with van der Waals surface area (Å²) in [6.07, 6.45) is 6.17. The van der Waals surface area contributed by atoms with Gasteiger partial charge in [0.05, 0.1) is 17.0 Å². The Labute approximate surface area is 128 Å². The van der Waals surface area contributed by atoms with E-state index in [0.29, 0.717) is 6.04 Å². The molecule has 1 aliphatic rings. The van der Waals surface area contributed by atoms with Gasteiger partial charge in [-0.3, -0.25) is 4.68 Å². The van der Waals surface area contributed by atoms with Crippen molar-refractivity contribution in [3.8, 4) is 0 Å². The minimum Gasteiger partial charge on any atom is -0.394 e. The molecule has 5 heteroatoms. The molecule has 0 aliphatic carbocycles. The van der Waals surface area contributed by atoms with Gasteiger partial charge in [-0.1, -0.05) is 27.2 Å². The minimum atomic E-state index is 0.0233. The molecule has 2 rings (SSSR count). The molecular weight excluding hydrogens is 264 g/mol. The molecule has 3 N–H and O–H groups in total. The highest BCUT2D eigenvalue weighted by Gasteiger charge is 2.35. The summed E-state index contributed by atoms with van der Waals surface area (Å²) in [7, 11) is 1.96. The van der Waals surface area contributed by atoms with E-state index in [2.05, 4.69) is 31.2 Å². The zero-order chi connectivity index (χ0) is 15.5. The van der Waals surface area contributed by atoms with Gasteiger partial charge in [0.2, 0.25) is 0 Å². The van der Waals surface area contributed by atoms with Gasteiger partial charge < -0.3 is 15.8 Å². The molecule has 1 saturated heterocycles. The summed E-state index contributed by atoms with van der Waals surface area (Å²) < 4.78 is 7.93. The molecular formula is C16H30N4O. The van der Waals surface area contributed by atoms with Crippen molar-refractivity contribution in [1.29, 1.82) is 0 Å². The maximum Gasteiger partial charge on any atom is 0.148 e. The number of nitrogens with one attached hydrogen (secondary N) is 1. The van der Waals surface area contributed by atoms with Crippen molar-refractivity contribution >= 4 is 11.5 Å². The zero-order valence-electron chi connectivity index (χ0n) is 13.9. The van der Waals surface area contributed by atoms with Crippen molar-refractivity contribution in [3.63, 3.8) is 0 Å². The van der Waals surface area contributed by atoms with Crippen LogP contribution in [0.15, 0.2) is 0 Å². The van der Waals surface area contributed by atoms with Crippen LogP contribution >= 0.6 is 0 Å². The first kappa shape index (κ1) is 16.1. The zero-order valence-corrected chi connectivity index (χ0v) is 13.9. The predicted molar refractivity (Wildman–Crippen MR) is 87.5 cm³/mol. The van der Waals surface area contributed by atoms with E-state index in [9.17, 15) is 0 Å². The highest BCUT2D eigenvalue weighted by Crippen LogP contribution is 2.34. The molecule has 0 saturated carbocycles. The summed E-state index contributed by atoms with van der Waals surface area (Å²) in [5, 5.41) is 8.16. The van der Waals surface area contributed by atoms with Crippen LogP contribution in [0, 0.1) is 0 Å². The van der Waals surface area contributed by atoms with Crippen LogP contribution in [0.5, 0.6) is 0 Å². The Morgan fingerprint density at radius 1 is 1.38 bits per heavy atom. The van der Waals surface area contributed by atoms with Crippen LogP contribution in [-0.4, -0.2) is 28.0 Å². The second-order valence-electron chi connectivity index (χ2n) is 6.16. The van der Waals surface area contributed by atoms with Gasteiger partial charge in [-0.2, -0.15) is 5.10 Å². The fourth-order valence-electron chi connectivity index (χ4n) is 3.28. The van der Waals surface area contributed by atoms with E-state index in [4.69, 9.17) is 10.5 Å². The predicted octanol–water partition coefficient (Wildman–Crippen LogP) is 3.10. The molecule has 0 aromatic carbocycles. The van der Waals surface area contributed by atoms with Crippen LogP contribution in [0.25, 0.3) is 0 Å². The number of nitrogens with zero attached hydrogens (tertiary/aromatic N) is 2. The minimum absolute atomic E-state index is 0.0233. The smallest absolute Gasteiger partial charge is 0.148 e. The van der Waals surface area contributed by atoms with Crippen LogP contribution < -0.4 is 11.1 Å². The number of anilines is 2. The molecule has 0 spiro atoms. The Balaban J connectivity index is 2.11. The van der Waals surface area contributed by atoms with Crippen molar-refractivity contribution in [2.45, 2.75) is 70.9 Å². The molecule has 5 nitrogen and oxygen atoms in total. The molecule has 0 radical (unpaired) electrons. The average Bonchev–Trinajstić information content (AvgIpc) is 2.75. The third-order valence-electron chi connectivity index (χ3n) is 4.77. The van der Waals surface area contributed by atoms with E-state index in [1.807, 2.05) is 11.7 Å².